The second-order valence-corrected chi connectivity index (χ2v) is 9.62. The maximum absolute atomic E-state index is 13.3. The van der Waals surface area contributed by atoms with Crippen LogP contribution in [0.4, 0.5) is 0 Å². The lowest BCUT2D eigenvalue weighted by Crippen LogP contribution is -2.57. The van der Waals surface area contributed by atoms with Crippen molar-refractivity contribution in [2.75, 3.05) is 27.2 Å². The van der Waals surface area contributed by atoms with Crippen molar-refractivity contribution in [2.24, 2.45) is 5.92 Å². The lowest BCUT2D eigenvalue weighted by atomic mass is 10.1. The lowest BCUT2D eigenvalue weighted by molar-refractivity contribution is -0.145. The third kappa shape index (κ3) is 7.43. The number of fused-ring (bicyclic) bond motifs is 1. The molecular weight excluding hydrogens is 464 g/mol. The molecule has 1 aromatic rings. The minimum absolute atomic E-state index is 0.177. The molecule has 1 aliphatic carbocycles. The number of nitrogens with zero attached hydrogens (tertiary/aromatic N) is 1. The van der Waals surface area contributed by atoms with Gasteiger partial charge in [0.25, 0.3) is 0 Å². The normalized spacial score (nSPS) is 27.0. The van der Waals surface area contributed by atoms with E-state index in [9.17, 15) is 19.2 Å². The average Bonchev–Trinajstić information content (AvgIpc) is 3.70. The number of ether oxygens (including phenoxy) is 2. The molecule has 1 aliphatic heterocycles. The molecule has 1 aromatic carbocycles. The van der Waals surface area contributed by atoms with Crippen LogP contribution in [0.2, 0.25) is 0 Å². The lowest BCUT2D eigenvalue weighted by Gasteiger charge is -2.30. The molecule has 4 atom stereocenters. The number of methoxy groups -OCH3 is 1. The van der Waals surface area contributed by atoms with E-state index in [4.69, 9.17) is 9.47 Å². The van der Waals surface area contributed by atoms with Crippen LogP contribution in [-0.4, -0.2) is 80.1 Å². The number of carbonyl (C=O) groups excluding carboxylic acids is 4. The predicted molar refractivity (Wildman–Crippen MR) is 133 cm³/mol. The Morgan fingerprint density at radius 3 is 2.56 bits per heavy atom. The van der Waals surface area contributed by atoms with E-state index in [2.05, 4.69) is 16.0 Å². The smallest absolute Gasteiger partial charge is 0.308 e. The third-order valence-electron chi connectivity index (χ3n) is 6.75. The summed E-state index contributed by atoms with van der Waals surface area (Å²) >= 11 is 0. The van der Waals surface area contributed by atoms with Gasteiger partial charge in [0.15, 0.2) is 0 Å². The van der Waals surface area contributed by atoms with Crippen molar-refractivity contribution in [2.45, 2.75) is 70.2 Å². The van der Waals surface area contributed by atoms with E-state index in [0.29, 0.717) is 25.9 Å². The summed E-state index contributed by atoms with van der Waals surface area (Å²) in [7, 11) is 2.80. The van der Waals surface area contributed by atoms with E-state index >= 15 is 0 Å². The fourth-order valence-corrected chi connectivity index (χ4v) is 4.21. The molecule has 0 unspecified atom stereocenters. The monoisotopic (exact) mass is 502 g/mol. The molecule has 198 valence electrons. The molecule has 3 rings (SSSR count). The zero-order valence-electron chi connectivity index (χ0n) is 21.5. The standard InChI is InChI=1S/C26H38N4O6/c1-16-15-28-23(19-11-12-19)26(34)30(3)17(2)24(32)29-20(14-22(31)35-4)25(33)27-13-7-9-18-8-5-6-10-21(18)36-16/h5-6,8,10,16-17,19-20,23,28H,7,9,11-15H2,1-4H3,(H,27,33)(H,29,32)/t16-,17-,20-,23+/m1/s1. The van der Waals surface area contributed by atoms with Gasteiger partial charge in [0, 0.05) is 20.1 Å². The molecule has 0 radical (unpaired) electrons. The molecule has 0 saturated heterocycles. The van der Waals surface area contributed by atoms with Crippen LogP contribution in [0.15, 0.2) is 24.3 Å². The van der Waals surface area contributed by atoms with Crippen molar-refractivity contribution in [3.8, 4) is 5.75 Å². The highest BCUT2D eigenvalue weighted by molar-refractivity contribution is 5.94. The molecule has 1 fully saturated rings. The average molecular weight is 503 g/mol. The number of hydrogen-bond donors (Lipinski definition) is 3. The summed E-state index contributed by atoms with van der Waals surface area (Å²) in [5.74, 6) is -0.827. The summed E-state index contributed by atoms with van der Waals surface area (Å²) in [4.78, 5) is 52.5. The molecule has 10 nitrogen and oxygen atoms in total. The fraction of sp³-hybridized carbons (Fsp3) is 0.615. The number of rotatable bonds is 3. The van der Waals surface area contributed by atoms with Gasteiger partial charge in [-0.2, -0.15) is 0 Å². The Balaban J connectivity index is 1.83. The van der Waals surface area contributed by atoms with E-state index in [1.807, 2.05) is 31.2 Å². The number of para-hydroxylation sites is 1. The van der Waals surface area contributed by atoms with Gasteiger partial charge in [0.2, 0.25) is 17.7 Å². The summed E-state index contributed by atoms with van der Waals surface area (Å²) in [5.41, 5.74) is 1.02. The minimum Gasteiger partial charge on any atom is -0.489 e. The minimum atomic E-state index is -1.11. The molecule has 10 heteroatoms. The van der Waals surface area contributed by atoms with Gasteiger partial charge in [-0.15, -0.1) is 0 Å². The summed E-state index contributed by atoms with van der Waals surface area (Å²) in [5, 5.41) is 8.79. The van der Waals surface area contributed by atoms with Gasteiger partial charge in [0.05, 0.1) is 19.6 Å². The summed E-state index contributed by atoms with van der Waals surface area (Å²) in [6.45, 7) is 4.39. The van der Waals surface area contributed by atoms with Crippen LogP contribution < -0.4 is 20.7 Å². The predicted octanol–water partition coefficient (Wildman–Crippen LogP) is 0.779. The van der Waals surface area contributed by atoms with E-state index in [-0.39, 0.29) is 24.3 Å². The van der Waals surface area contributed by atoms with Gasteiger partial charge >= 0.3 is 5.97 Å². The molecule has 3 amide bonds. The Bertz CT molecular complexity index is 950. The van der Waals surface area contributed by atoms with Crippen LogP contribution in [-0.2, 0) is 30.3 Å². The molecule has 2 aliphatic rings. The molecule has 0 spiro atoms. The van der Waals surface area contributed by atoms with Crippen LogP contribution >= 0.6 is 0 Å². The van der Waals surface area contributed by atoms with Gasteiger partial charge in [-0.05, 0) is 57.1 Å². The van der Waals surface area contributed by atoms with Gasteiger partial charge in [-0.3, -0.25) is 19.2 Å². The van der Waals surface area contributed by atoms with Crippen molar-refractivity contribution in [1.29, 1.82) is 0 Å². The van der Waals surface area contributed by atoms with Gasteiger partial charge < -0.3 is 30.3 Å². The zero-order valence-corrected chi connectivity index (χ0v) is 21.5. The summed E-state index contributed by atoms with van der Waals surface area (Å²) < 4.78 is 10.9. The Morgan fingerprint density at radius 2 is 1.86 bits per heavy atom. The molecule has 1 heterocycles. The Morgan fingerprint density at radius 1 is 1.14 bits per heavy atom. The van der Waals surface area contributed by atoms with E-state index < -0.39 is 35.9 Å². The van der Waals surface area contributed by atoms with Gasteiger partial charge in [0.1, 0.15) is 23.9 Å². The van der Waals surface area contributed by atoms with Crippen LogP contribution in [0.5, 0.6) is 5.75 Å². The number of likely N-dealkylation sites (N-methyl/N-ethyl adjacent to an activating group) is 1. The number of benzene rings is 1. The van der Waals surface area contributed by atoms with E-state index in [0.717, 1.165) is 24.2 Å². The van der Waals surface area contributed by atoms with Crippen LogP contribution in [0.25, 0.3) is 0 Å². The molecule has 3 N–H and O–H groups in total. The Hall–Kier alpha value is -3.14. The molecule has 36 heavy (non-hydrogen) atoms. The maximum atomic E-state index is 13.3. The molecular formula is C26H38N4O6. The molecule has 1 saturated carbocycles. The second-order valence-electron chi connectivity index (χ2n) is 9.62. The largest absolute Gasteiger partial charge is 0.489 e. The number of esters is 1. The molecule has 0 bridgehead atoms. The Labute approximate surface area is 212 Å². The second kappa shape index (κ2) is 12.7. The Kier molecular flexibility index (Phi) is 9.69. The van der Waals surface area contributed by atoms with Gasteiger partial charge in [-0.25, -0.2) is 0 Å². The van der Waals surface area contributed by atoms with Crippen LogP contribution in [0.3, 0.4) is 0 Å². The van der Waals surface area contributed by atoms with Gasteiger partial charge in [-0.1, -0.05) is 18.2 Å². The number of carbonyl (C=O) groups is 4. The first-order valence-corrected chi connectivity index (χ1v) is 12.6. The van der Waals surface area contributed by atoms with E-state index in [1.165, 1.54) is 12.0 Å². The number of nitrogens with one attached hydrogen (secondary N) is 3. The van der Waals surface area contributed by atoms with Crippen molar-refractivity contribution < 1.29 is 28.7 Å². The SMILES string of the molecule is COC(=O)C[C@H]1NC(=O)[C@@H](C)N(C)C(=O)[C@H](C2CC2)NC[C@@H](C)Oc2ccccc2CCCNC1=O. The highest BCUT2D eigenvalue weighted by Gasteiger charge is 2.39. The number of amides is 3. The van der Waals surface area contributed by atoms with Crippen molar-refractivity contribution in [3.05, 3.63) is 29.8 Å². The highest BCUT2D eigenvalue weighted by Crippen LogP contribution is 2.33. The zero-order chi connectivity index (χ0) is 26.2. The first-order chi connectivity index (χ1) is 17.2. The van der Waals surface area contributed by atoms with Crippen LogP contribution in [0.1, 0.15) is 45.1 Å². The molecule has 0 aromatic heterocycles. The third-order valence-corrected chi connectivity index (χ3v) is 6.75. The fourth-order valence-electron chi connectivity index (χ4n) is 4.21. The van der Waals surface area contributed by atoms with Crippen LogP contribution in [0, 0.1) is 5.92 Å². The number of hydrogen-bond acceptors (Lipinski definition) is 7. The quantitative estimate of drug-likeness (QED) is 0.522. The van der Waals surface area contributed by atoms with Crippen molar-refractivity contribution in [3.63, 3.8) is 0 Å². The first kappa shape index (κ1) is 27.4. The highest BCUT2D eigenvalue weighted by atomic mass is 16.5. The van der Waals surface area contributed by atoms with E-state index in [1.54, 1.807) is 14.0 Å². The summed E-state index contributed by atoms with van der Waals surface area (Å²) in [6, 6.07) is 5.39. The number of aryl methyl sites for hydroxylation is 1. The maximum Gasteiger partial charge on any atom is 0.308 e. The first-order valence-electron chi connectivity index (χ1n) is 12.6. The van der Waals surface area contributed by atoms with Crippen molar-refractivity contribution in [1.82, 2.24) is 20.9 Å². The topological polar surface area (TPSA) is 126 Å². The van der Waals surface area contributed by atoms with Crippen molar-refractivity contribution >= 4 is 23.7 Å². The summed E-state index contributed by atoms with van der Waals surface area (Å²) in [6.07, 6.45) is 2.72.